The number of carbonyl (C=O) groups excluding carboxylic acids is 1. The predicted molar refractivity (Wildman–Crippen MR) is 140 cm³/mol. The molecule has 1 N–H and O–H groups in total. The molecule has 0 aliphatic rings. The number of hydrogen-bond donors (Lipinski definition) is 1. The van der Waals surface area contributed by atoms with Gasteiger partial charge < -0.3 is 14.3 Å². The van der Waals surface area contributed by atoms with Crippen LogP contribution in [0.3, 0.4) is 0 Å². The molecule has 3 aromatic carbocycles. The van der Waals surface area contributed by atoms with Crippen molar-refractivity contribution in [1.29, 1.82) is 0 Å². The van der Waals surface area contributed by atoms with Crippen LogP contribution in [0.25, 0.3) is 10.9 Å². The second-order valence-electron chi connectivity index (χ2n) is 9.00. The number of benzene rings is 3. The Bertz CT molecular complexity index is 1360. The molecule has 0 saturated heterocycles. The Labute approximate surface area is 206 Å². The van der Waals surface area contributed by atoms with Gasteiger partial charge in [-0.3, -0.25) is 4.79 Å². The lowest BCUT2D eigenvalue weighted by Crippen LogP contribution is -2.24. The van der Waals surface area contributed by atoms with Crippen LogP contribution in [0.5, 0.6) is 0 Å². The highest BCUT2D eigenvalue weighted by Gasteiger charge is 2.21. The Kier molecular flexibility index (Phi) is 7.09. The van der Waals surface area contributed by atoms with E-state index >= 15 is 0 Å². The van der Waals surface area contributed by atoms with Crippen molar-refractivity contribution in [1.82, 2.24) is 9.88 Å². The minimum atomic E-state index is 0.0411. The van der Waals surface area contributed by atoms with Crippen LogP contribution in [-0.2, 0) is 24.3 Å². The maximum atomic E-state index is 13.0. The van der Waals surface area contributed by atoms with Crippen molar-refractivity contribution in [2.24, 2.45) is 0 Å². The van der Waals surface area contributed by atoms with E-state index < -0.39 is 0 Å². The van der Waals surface area contributed by atoms with E-state index in [1.54, 1.807) is 6.26 Å². The maximum Gasteiger partial charge on any atom is 0.220 e. The number of rotatable bonds is 10. The van der Waals surface area contributed by atoms with Crippen LogP contribution in [-0.4, -0.2) is 10.5 Å². The normalized spacial score (nSPS) is 12.0. The lowest BCUT2D eigenvalue weighted by atomic mass is 9.89. The predicted octanol–water partition coefficient (Wildman–Crippen LogP) is 6.71. The van der Waals surface area contributed by atoms with Crippen molar-refractivity contribution >= 4 is 16.8 Å². The van der Waals surface area contributed by atoms with E-state index in [1.165, 1.54) is 27.6 Å². The van der Waals surface area contributed by atoms with Gasteiger partial charge >= 0.3 is 0 Å². The van der Waals surface area contributed by atoms with Crippen LogP contribution in [0.15, 0.2) is 114 Å². The van der Waals surface area contributed by atoms with E-state index in [-0.39, 0.29) is 11.8 Å². The Morgan fingerprint density at radius 3 is 2.29 bits per heavy atom. The van der Waals surface area contributed by atoms with Crippen molar-refractivity contribution < 1.29 is 9.21 Å². The number of furan rings is 1. The number of amides is 1. The largest absolute Gasteiger partial charge is 0.467 e. The van der Waals surface area contributed by atoms with Crippen LogP contribution in [0.2, 0.25) is 0 Å². The van der Waals surface area contributed by atoms with E-state index in [0.29, 0.717) is 13.0 Å². The van der Waals surface area contributed by atoms with Gasteiger partial charge in [0.15, 0.2) is 0 Å². The molecule has 0 aliphatic carbocycles. The summed E-state index contributed by atoms with van der Waals surface area (Å²) in [7, 11) is 0. The summed E-state index contributed by atoms with van der Waals surface area (Å²) >= 11 is 0. The molecule has 1 amide bonds. The van der Waals surface area contributed by atoms with E-state index in [1.807, 2.05) is 24.3 Å². The van der Waals surface area contributed by atoms with Crippen LogP contribution in [0, 0.1) is 0 Å². The summed E-state index contributed by atoms with van der Waals surface area (Å²) in [6.07, 6.45) is 6.15. The minimum Gasteiger partial charge on any atom is -0.467 e. The second-order valence-corrected chi connectivity index (χ2v) is 9.00. The van der Waals surface area contributed by atoms with Crippen molar-refractivity contribution in [2.75, 3.05) is 0 Å². The summed E-state index contributed by atoms with van der Waals surface area (Å²) in [5.74, 6) is 0.909. The van der Waals surface area contributed by atoms with Gasteiger partial charge in [0, 0.05) is 30.1 Å². The molecule has 2 aromatic heterocycles. The molecule has 0 aliphatic heterocycles. The van der Waals surface area contributed by atoms with Crippen molar-refractivity contribution in [2.45, 2.75) is 38.3 Å². The third-order valence-corrected chi connectivity index (χ3v) is 6.55. The lowest BCUT2D eigenvalue weighted by Gasteiger charge is -2.17. The molecular weight excluding hydrogens is 432 g/mol. The molecule has 4 heteroatoms. The number of nitrogens with zero attached hydrogens (tertiary/aromatic N) is 1. The van der Waals surface area contributed by atoms with Crippen molar-refractivity contribution in [3.05, 3.63) is 132 Å². The molecule has 1 atom stereocenters. The number of aromatic nitrogens is 1. The molecule has 1 unspecified atom stereocenters. The van der Waals surface area contributed by atoms with Gasteiger partial charge in [-0.15, -0.1) is 0 Å². The first-order valence-corrected chi connectivity index (χ1v) is 12.2. The quantitative estimate of drug-likeness (QED) is 0.251. The molecule has 5 aromatic rings. The van der Waals surface area contributed by atoms with Crippen LogP contribution < -0.4 is 5.32 Å². The highest BCUT2D eigenvalue weighted by Crippen LogP contribution is 2.33. The van der Waals surface area contributed by atoms with Gasteiger partial charge in [0.2, 0.25) is 5.91 Å². The van der Waals surface area contributed by atoms with Gasteiger partial charge in [-0.25, -0.2) is 0 Å². The van der Waals surface area contributed by atoms with Gasteiger partial charge in [-0.1, -0.05) is 78.9 Å². The molecule has 5 rings (SSSR count). The molecule has 0 spiro atoms. The molecule has 0 bridgehead atoms. The first-order chi connectivity index (χ1) is 17.3. The van der Waals surface area contributed by atoms with Gasteiger partial charge in [0.05, 0.1) is 12.8 Å². The molecule has 35 heavy (non-hydrogen) atoms. The summed E-state index contributed by atoms with van der Waals surface area (Å²) in [6.45, 7) is 1.21. The highest BCUT2D eigenvalue weighted by molar-refractivity contribution is 5.86. The van der Waals surface area contributed by atoms with Gasteiger partial charge in [0.25, 0.3) is 0 Å². The summed E-state index contributed by atoms with van der Waals surface area (Å²) in [6, 6.07) is 33.3. The number of fused-ring (bicyclic) bond motifs is 1. The Morgan fingerprint density at radius 1 is 0.829 bits per heavy atom. The fourth-order valence-corrected chi connectivity index (χ4v) is 4.76. The van der Waals surface area contributed by atoms with Crippen LogP contribution >= 0.6 is 0 Å². The Morgan fingerprint density at radius 2 is 1.54 bits per heavy atom. The van der Waals surface area contributed by atoms with Crippen molar-refractivity contribution in [3.8, 4) is 0 Å². The number of para-hydroxylation sites is 1. The van der Waals surface area contributed by atoms with E-state index in [4.69, 9.17) is 4.42 Å². The SMILES string of the molecule is O=C(CC(CCc1ccccc1)c1cn(Cc2ccccc2)c2ccccc12)NCc1ccco1. The zero-order chi connectivity index (χ0) is 23.9. The topological polar surface area (TPSA) is 47.2 Å². The third kappa shape index (κ3) is 5.72. The molecule has 4 nitrogen and oxygen atoms in total. The first-order valence-electron chi connectivity index (χ1n) is 12.2. The van der Waals surface area contributed by atoms with E-state index in [9.17, 15) is 4.79 Å². The Balaban J connectivity index is 1.42. The van der Waals surface area contributed by atoms with Gasteiger partial charge in [0.1, 0.15) is 5.76 Å². The first kappa shape index (κ1) is 22.7. The van der Waals surface area contributed by atoms with Gasteiger partial charge in [-0.05, 0) is 53.6 Å². The average molecular weight is 463 g/mol. The lowest BCUT2D eigenvalue weighted by molar-refractivity contribution is -0.121. The minimum absolute atomic E-state index is 0.0411. The summed E-state index contributed by atoms with van der Waals surface area (Å²) in [4.78, 5) is 13.0. The standard InChI is InChI=1S/C31H30N2O2/c34-31(32-21-27-14-9-19-35-27)20-26(18-17-24-10-3-1-4-11-24)29-23-33(22-25-12-5-2-6-13-25)30-16-8-7-15-28(29)30/h1-16,19,23,26H,17-18,20-22H2,(H,32,34). The maximum absolute atomic E-state index is 13.0. The summed E-state index contributed by atoms with van der Waals surface area (Å²) in [5, 5.41) is 4.26. The number of hydrogen-bond acceptors (Lipinski definition) is 2. The fraction of sp³-hybridized carbons (Fsp3) is 0.194. The number of carbonyl (C=O) groups is 1. The third-order valence-electron chi connectivity index (χ3n) is 6.55. The van der Waals surface area contributed by atoms with Crippen LogP contribution in [0.4, 0.5) is 0 Å². The summed E-state index contributed by atoms with van der Waals surface area (Å²) < 4.78 is 7.69. The second kappa shape index (κ2) is 10.9. The van der Waals surface area contributed by atoms with Crippen molar-refractivity contribution in [3.63, 3.8) is 0 Å². The van der Waals surface area contributed by atoms with Crippen LogP contribution in [0.1, 0.15) is 41.2 Å². The van der Waals surface area contributed by atoms with Gasteiger partial charge in [-0.2, -0.15) is 0 Å². The summed E-state index contributed by atoms with van der Waals surface area (Å²) in [5.41, 5.74) is 4.99. The molecular formula is C31H30N2O2. The van der Waals surface area contributed by atoms with E-state index in [2.05, 4.69) is 88.9 Å². The molecule has 0 radical (unpaired) electrons. The molecule has 0 fully saturated rings. The highest BCUT2D eigenvalue weighted by atomic mass is 16.3. The smallest absolute Gasteiger partial charge is 0.220 e. The average Bonchev–Trinajstić information content (AvgIpc) is 3.55. The molecule has 2 heterocycles. The zero-order valence-electron chi connectivity index (χ0n) is 19.8. The molecule has 176 valence electrons. The zero-order valence-corrected chi connectivity index (χ0v) is 19.8. The number of aryl methyl sites for hydroxylation is 1. The Hall–Kier alpha value is -4.05. The molecule has 0 saturated carbocycles. The fourth-order valence-electron chi connectivity index (χ4n) is 4.76. The van der Waals surface area contributed by atoms with E-state index in [0.717, 1.165) is 25.1 Å². The number of nitrogens with one attached hydrogen (secondary N) is 1. The monoisotopic (exact) mass is 462 g/mol.